The standard InChI is InChI=1S/C21H28N6O3S/c1-24-7-9-25(10-8-24)20-4-5-21(23-22-20)26-11-13-27(14-12-26)31(28,29)18-2-3-19-17(16-18)6-15-30-19/h2-5,16H,6-15H2,1H3. The third kappa shape index (κ3) is 4.07. The fourth-order valence-corrected chi connectivity index (χ4v) is 5.79. The Hall–Kier alpha value is -2.43. The van der Waals surface area contributed by atoms with Gasteiger partial charge >= 0.3 is 0 Å². The second kappa shape index (κ2) is 8.25. The van der Waals surface area contributed by atoms with Gasteiger partial charge in [0.25, 0.3) is 0 Å². The van der Waals surface area contributed by atoms with E-state index in [-0.39, 0.29) is 0 Å². The summed E-state index contributed by atoms with van der Waals surface area (Å²) >= 11 is 0. The first kappa shape index (κ1) is 20.5. The van der Waals surface area contributed by atoms with Crippen molar-refractivity contribution in [1.82, 2.24) is 19.4 Å². The lowest BCUT2D eigenvalue weighted by atomic mass is 10.2. The van der Waals surface area contributed by atoms with E-state index in [1.54, 1.807) is 22.5 Å². The largest absolute Gasteiger partial charge is 0.493 e. The van der Waals surface area contributed by atoms with Gasteiger partial charge in [-0.15, -0.1) is 10.2 Å². The van der Waals surface area contributed by atoms with Gasteiger partial charge < -0.3 is 19.4 Å². The van der Waals surface area contributed by atoms with Gasteiger partial charge in [-0.25, -0.2) is 8.42 Å². The molecule has 9 nitrogen and oxygen atoms in total. The summed E-state index contributed by atoms with van der Waals surface area (Å²) in [4.78, 5) is 7.01. The first-order chi connectivity index (χ1) is 15.0. The number of ether oxygens (including phenoxy) is 1. The molecule has 0 saturated carbocycles. The van der Waals surface area contributed by atoms with E-state index >= 15 is 0 Å². The van der Waals surface area contributed by atoms with E-state index < -0.39 is 10.0 Å². The maximum atomic E-state index is 13.1. The molecule has 2 fully saturated rings. The molecule has 0 unspecified atom stereocenters. The maximum Gasteiger partial charge on any atom is 0.243 e. The van der Waals surface area contributed by atoms with Crippen LogP contribution in [0.25, 0.3) is 0 Å². The molecule has 0 radical (unpaired) electrons. The number of rotatable bonds is 4. The van der Waals surface area contributed by atoms with Crippen molar-refractivity contribution in [3.05, 3.63) is 35.9 Å². The Morgan fingerprint density at radius 1 is 0.839 bits per heavy atom. The predicted molar refractivity (Wildman–Crippen MR) is 118 cm³/mol. The van der Waals surface area contributed by atoms with E-state index in [9.17, 15) is 8.42 Å². The number of sulfonamides is 1. The van der Waals surface area contributed by atoms with Crippen LogP contribution in [0.2, 0.25) is 0 Å². The number of fused-ring (bicyclic) bond motifs is 1. The van der Waals surface area contributed by atoms with Crippen molar-refractivity contribution in [2.45, 2.75) is 11.3 Å². The molecule has 1 aromatic heterocycles. The second-order valence-corrected chi connectivity index (χ2v) is 10.2. The van der Waals surface area contributed by atoms with Crippen molar-refractivity contribution in [1.29, 1.82) is 0 Å². The fraction of sp³-hybridized carbons (Fsp3) is 0.524. The normalized spacial score (nSPS) is 20.5. The zero-order valence-corrected chi connectivity index (χ0v) is 18.6. The molecule has 4 heterocycles. The minimum Gasteiger partial charge on any atom is -0.493 e. The van der Waals surface area contributed by atoms with E-state index in [0.29, 0.717) is 37.7 Å². The molecule has 2 aromatic rings. The first-order valence-corrected chi connectivity index (χ1v) is 12.2. The Bertz CT molecular complexity index is 1030. The SMILES string of the molecule is CN1CCN(c2ccc(N3CCN(S(=O)(=O)c4ccc5c(c4)CCO5)CC3)nn2)CC1. The molecular formula is C21H28N6O3S. The lowest BCUT2D eigenvalue weighted by Gasteiger charge is -2.35. The van der Waals surface area contributed by atoms with Crippen molar-refractivity contribution in [3.63, 3.8) is 0 Å². The number of hydrogen-bond donors (Lipinski definition) is 0. The monoisotopic (exact) mass is 444 g/mol. The van der Waals surface area contributed by atoms with Crippen LogP contribution in [-0.2, 0) is 16.4 Å². The van der Waals surface area contributed by atoms with Crippen LogP contribution < -0.4 is 14.5 Å². The summed E-state index contributed by atoms with van der Waals surface area (Å²) in [7, 11) is -1.38. The molecule has 3 aliphatic heterocycles. The van der Waals surface area contributed by atoms with Crippen molar-refractivity contribution in [2.24, 2.45) is 0 Å². The van der Waals surface area contributed by atoms with E-state index in [1.165, 1.54) is 0 Å². The number of hydrogen-bond acceptors (Lipinski definition) is 8. The zero-order chi connectivity index (χ0) is 21.4. The molecule has 0 spiro atoms. The van der Waals surface area contributed by atoms with Gasteiger partial charge in [0.15, 0.2) is 11.6 Å². The molecule has 0 N–H and O–H groups in total. The van der Waals surface area contributed by atoms with Crippen LogP contribution in [0.15, 0.2) is 35.2 Å². The minimum atomic E-state index is -3.51. The second-order valence-electron chi connectivity index (χ2n) is 8.30. The van der Waals surface area contributed by atoms with Crippen LogP contribution in [0, 0.1) is 0 Å². The van der Waals surface area contributed by atoms with Gasteiger partial charge in [0.1, 0.15) is 5.75 Å². The highest BCUT2D eigenvalue weighted by Gasteiger charge is 2.30. The third-order valence-electron chi connectivity index (χ3n) is 6.32. The molecule has 0 aliphatic carbocycles. The highest BCUT2D eigenvalue weighted by Crippen LogP contribution is 2.29. The van der Waals surface area contributed by atoms with Gasteiger partial charge in [-0.05, 0) is 42.9 Å². The summed E-state index contributed by atoms with van der Waals surface area (Å²) in [5.74, 6) is 2.49. The molecule has 0 bridgehead atoms. The zero-order valence-electron chi connectivity index (χ0n) is 17.8. The number of piperazine rings is 2. The first-order valence-electron chi connectivity index (χ1n) is 10.8. The lowest BCUT2D eigenvalue weighted by Crippen LogP contribution is -2.49. The van der Waals surface area contributed by atoms with Crippen molar-refractivity contribution in [3.8, 4) is 5.75 Å². The van der Waals surface area contributed by atoms with E-state index in [1.807, 2.05) is 12.1 Å². The molecule has 2 saturated heterocycles. The number of nitrogens with zero attached hydrogens (tertiary/aromatic N) is 6. The Kier molecular flexibility index (Phi) is 5.45. The average Bonchev–Trinajstić information content (AvgIpc) is 3.28. The smallest absolute Gasteiger partial charge is 0.243 e. The summed E-state index contributed by atoms with van der Waals surface area (Å²) in [6.07, 6.45) is 0.759. The van der Waals surface area contributed by atoms with Crippen LogP contribution in [0.5, 0.6) is 5.75 Å². The summed E-state index contributed by atoms with van der Waals surface area (Å²) in [6, 6.07) is 9.18. The van der Waals surface area contributed by atoms with E-state index in [4.69, 9.17) is 4.74 Å². The number of likely N-dealkylation sites (N-methyl/N-ethyl adjacent to an activating group) is 1. The van der Waals surface area contributed by atoms with Crippen molar-refractivity contribution < 1.29 is 13.2 Å². The minimum absolute atomic E-state index is 0.349. The lowest BCUT2D eigenvalue weighted by molar-refractivity contribution is 0.312. The van der Waals surface area contributed by atoms with Crippen LogP contribution in [-0.4, -0.2) is 93.8 Å². The molecule has 0 amide bonds. The fourth-order valence-electron chi connectivity index (χ4n) is 4.32. The number of benzene rings is 1. The maximum absolute atomic E-state index is 13.1. The van der Waals surface area contributed by atoms with Crippen molar-refractivity contribution in [2.75, 3.05) is 75.8 Å². The topological polar surface area (TPSA) is 82.1 Å². The van der Waals surface area contributed by atoms with Crippen LogP contribution in [0.3, 0.4) is 0 Å². The van der Waals surface area contributed by atoms with Gasteiger partial charge in [0.2, 0.25) is 10.0 Å². The highest BCUT2D eigenvalue weighted by molar-refractivity contribution is 7.89. The molecule has 31 heavy (non-hydrogen) atoms. The summed E-state index contributed by atoms with van der Waals surface area (Å²) in [6.45, 7) is 6.62. The van der Waals surface area contributed by atoms with Gasteiger partial charge in [0, 0.05) is 58.8 Å². The molecule has 5 rings (SSSR count). The van der Waals surface area contributed by atoms with E-state index in [0.717, 1.165) is 55.5 Å². The average molecular weight is 445 g/mol. The summed E-state index contributed by atoms with van der Waals surface area (Å²) < 4.78 is 33.3. The van der Waals surface area contributed by atoms with Crippen LogP contribution in [0.1, 0.15) is 5.56 Å². The van der Waals surface area contributed by atoms with Gasteiger partial charge in [-0.3, -0.25) is 0 Å². The Labute approximate surface area is 183 Å². The Morgan fingerprint density at radius 2 is 1.45 bits per heavy atom. The van der Waals surface area contributed by atoms with Gasteiger partial charge in [-0.1, -0.05) is 0 Å². The molecular weight excluding hydrogens is 416 g/mol. The molecule has 166 valence electrons. The highest BCUT2D eigenvalue weighted by atomic mass is 32.2. The van der Waals surface area contributed by atoms with Crippen LogP contribution in [0.4, 0.5) is 11.6 Å². The summed E-state index contributed by atoms with van der Waals surface area (Å²) in [5, 5.41) is 8.84. The van der Waals surface area contributed by atoms with E-state index in [2.05, 4.69) is 31.9 Å². The van der Waals surface area contributed by atoms with Crippen molar-refractivity contribution >= 4 is 21.7 Å². The molecule has 0 atom stereocenters. The summed E-state index contributed by atoms with van der Waals surface area (Å²) in [5.41, 5.74) is 0.968. The molecule has 10 heteroatoms. The third-order valence-corrected chi connectivity index (χ3v) is 8.22. The quantitative estimate of drug-likeness (QED) is 0.681. The van der Waals surface area contributed by atoms with Gasteiger partial charge in [-0.2, -0.15) is 4.31 Å². The molecule has 3 aliphatic rings. The van der Waals surface area contributed by atoms with Gasteiger partial charge in [0.05, 0.1) is 11.5 Å². The Morgan fingerprint density at radius 3 is 2.06 bits per heavy atom. The Balaban J connectivity index is 1.22. The number of anilines is 2. The predicted octanol–water partition coefficient (Wildman–Crippen LogP) is 0.674. The molecule has 1 aromatic carbocycles. The number of aromatic nitrogens is 2. The van der Waals surface area contributed by atoms with Crippen LogP contribution >= 0.6 is 0 Å².